The third-order valence-corrected chi connectivity index (χ3v) is 1.66. The fourth-order valence-electron chi connectivity index (χ4n) is 1.10. The highest BCUT2D eigenvalue weighted by Crippen LogP contribution is 2.11. The Morgan fingerprint density at radius 3 is 3.27 bits per heavy atom. The van der Waals surface area contributed by atoms with Crippen LogP contribution in [0.1, 0.15) is 12.6 Å². The second kappa shape index (κ2) is 2.30. The lowest BCUT2D eigenvalue weighted by Crippen LogP contribution is -1.80. The highest BCUT2D eigenvalue weighted by Gasteiger charge is 2.02. The van der Waals surface area contributed by atoms with E-state index in [0.717, 1.165) is 23.1 Å². The smallest absolute Gasteiger partial charge is 0.178 e. The Morgan fingerprint density at radius 2 is 2.45 bits per heavy atom. The molecule has 0 bridgehead atoms. The molecule has 0 radical (unpaired) electrons. The average molecular weight is 148 g/mol. The molecule has 56 valence electrons. The van der Waals surface area contributed by atoms with Gasteiger partial charge in [0.2, 0.25) is 0 Å². The Labute approximate surface area is 63.6 Å². The molecule has 0 spiro atoms. The van der Waals surface area contributed by atoms with E-state index in [2.05, 4.69) is 27.3 Å². The number of nitrogens with zero attached hydrogens (tertiary/aromatic N) is 3. The molecule has 0 aliphatic carbocycles. The number of aromatic nitrogens is 4. The molecule has 0 unspecified atom stereocenters. The van der Waals surface area contributed by atoms with Gasteiger partial charge in [-0.1, -0.05) is 6.92 Å². The van der Waals surface area contributed by atoms with Gasteiger partial charge in [0.25, 0.3) is 0 Å². The summed E-state index contributed by atoms with van der Waals surface area (Å²) in [6, 6.07) is 1.92. The fourth-order valence-corrected chi connectivity index (χ4v) is 1.10. The van der Waals surface area contributed by atoms with Gasteiger partial charge in [0.05, 0.1) is 11.9 Å². The minimum Gasteiger partial charge on any atom is -0.259 e. The maximum atomic E-state index is 4.09. The Bertz CT molecular complexity index is 365. The van der Waals surface area contributed by atoms with Crippen molar-refractivity contribution in [2.75, 3.05) is 0 Å². The quantitative estimate of drug-likeness (QED) is 0.654. The average Bonchev–Trinajstić information content (AvgIpc) is 2.47. The molecule has 0 amide bonds. The second-order valence-corrected chi connectivity index (χ2v) is 2.32. The van der Waals surface area contributed by atoms with Gasteiger partial charge in [-0.2, -0.15) is 10.2 Å². The monoisotopic (exact) mass is 148 g/mol. The number of hydrogen-bond donors (Lipinski definition) is 1. The maximum Gasteiger partial charge on any atom is 0.178 e. The van der Waals surface area contributed by atoms with E-state index in [9.17, 15) is 0 Å². The lowest BCUT2D eigenvalue weighted by atomic mass is 10.2. The van der Waals surface area contributed by atoms with Crippen molar-refractivity contribution < 1.29 is 0 Å². The van der Waals surface area contributed by atoms with Crippen molar-refractivity contribution >= 4 is 11.0 Å². The lowest BCUT2D eigenvalue weighted by molar-refractivity contribution is 0.972. The number of aromatic amines is 1. The van der Waals surface area contributed by atoms with E-state index in [1.165, 1.54) is 0 Å². The number of hydrogen-bond acceptors (Lipinski definition) is 3. The summed E-state index contributed by atoms with van der Waals surface area (Å²) >= 11 is 0. The van der Waals surface area contributed by atoms with Gasteiger partial charge in [0.15, 0.2) is 5.65 Å². The largest absolute Gasteiger partial charge is 0.259 e. The summed E-state index contributed by atoms with van der Waals surface area (Å²) in [5.41, 5.74) is 1.82. The number of aryl methyl sites for hydroxylation is 1. The zero-order valence-corrected chi connectivity index (χ0v) is 6.20. The molecular formula is C7H8N4. The molecule has 4 nitrogen and oxygen atoms in total. The van der Waals surface area contributed by atoms with E-state index in [4.69, 9.17) is 0 Å². The molecule has 0 aromatic carbocycles. The second-order valence-electron chi connectivity index (χ2n) is 2.32. The molecule has 0 saturated heterocycles. The Morgan fingerprint density at radius 1 is 1.55 bits per heavy atom. The first kappa shape index (κ1) is 6.27. The molecule has 0 aliphatic heterocycles. The molecule has 0 saturated carbocycles. The van der Waals surface area contributed by atoms with Crippen LogP contribution in [0.4, 0.5) is 0 Å². The molecule has 2 heterocycles. The van der Waals surface area contributed by atoms with Crippen molar-refractivity contribution in [2.45, 2.75) is 13.3 Å². The number of nitrogens with one attached hydrogen (secondary N) is 1. The van der Waals surface area contributed by atoms with Gasteiger partial charge in [-0.3, -0.25) is 5.10 Å². The molecule has 1 N–H and O–H groups in total. The van der Waals surface area contributed by atoms with Crippen LogP contribution in [0.3, 0.4) is 0 Å². The van der Waals surface area contributed by atoms with Gasteiger partial charge >= 0.3 is 0 Å². The summed E-state index contributed by atoms with van der Waals surface area (Å²) in [4.78, 5) is 0. The van der Waals surface area contributed by atoms with Gasteiger partial charge in [0, 0.05) is 5.39 Å². The first-order chi connectivity index (χ1) is 5.42. The van der Waals surface area contributed by atoms with Gasteiger partial charge in [0.1, 0.15) is 0 Å². The Balaban J connectivity index is 2.76. The highest BCUT2D eigenvalue weighted by atomic mass is 15.2. The summed E-state index contributed by atoms with van der Waals surface area (Å²) < 4.78 is 0. The first-order valence-electron chi connectivity index (χ1n) is 3.56. The van der Waals surface area contributed by atoms with Gasteiger partial charge in [-0.05, 0) is 12.5 Å². The maximum absolute atomic E-state index is 4.09. The van der Waals surface area contributed by atoms with Gasteiger partial charge in [-0.25, -0.2) is 0 Å². The molecule has 2 aromatic heterocycles. The fraction of sp³-hybridized carbons (Fsp3) is 0.286. The third-order valence-electron chi connectivity index (χ3n) is 1.66. The zero-order chi connectivity index (χ0) is 7.68. The normalized spacial score (nSPS) is 10.6. The van der Waals surface area contributed by atoms with E-state index in [1.54, 1.807) is 6.20 Å². The van der Waals surface area contributed by atoms with Crippen LogP contribution in [-0.4, -0.2) is 20.4 Å². The summed E-state index contributed by atoms with van der Waals surface area (Å²) in [6.45, 7) is 2.07. The predicted molar refractivity (Wildman–Crippen MR) is 41.1 cm³/mol. The van der Waals surface area contributed by atoms with Crippen LogP contribution in [-0.2, 0) is 6.42 Å². The molecule has 0 atom stereocenters. The minimum absolute atomic E-state index is 0.768. The number of H-pyrrole nitrogens is 1. The summed E-state index contributed by atoms with van der Waals surface area (Å²) in [5.74, 6) is 0. The summed E-state index contributed by atoms with van der Waals surface area (Å²) in [5, 5.41) is 15.6. The van der Waals surface area contributed by atoms with Crippen LogP contribution >= 0.6 is 0 Å². The van der Waals surface area contributed by atoms with Gasteiger partial charge < -0.3 is 0 Å². The van der Waals surface area contributed by atoms with Crippen molar-refractivity contribution in [1.82, 2.24) is 20.4 Å². The molecule has 2 aromatic rings. The van der Waals surface area contributed by atoms with Crippen molar-refractivity contribution in [3.8, 4) is 0 Å². The number of rotatable bonds is 1. The Hall–Kier alpha value is -1.45. The van der Waals surface area contributed by atoms with Crippen molar-refractivity contribution in [1.29, 1.82) is 0 Å². The molecule has 11 heavy (non-hydrogen) atoms. The predicted octanol–water partition coefficient (Wildman–Crippen LogP) is 0.915. The molecule has 0 aliphatic rings. The molecule has 0 fully saturated rings. The van der Waals surface area contributed by atoms with Crippen molar-refractivity contribution in [3.63, 3.8) is 0 Å². The van der Waals surface area contributed by atoms with Gasteiger partial charge in [-0.15, -0.1) is 5.10 Å². The van der Waals surface area contributed by atoms with Crippen molar-refractivity contribution in [2.24, 2.45) is 0 Å². The van der Waals surface area contributed by atoms with E-state index in [0.29, 0.717) is 0 Å². The van der Waals surface area contributed by atoms with Crippen LogP contribution < -0.4 is 0 Å². The zero-order valence-electron chi connectivity index (χ0n) is 6.20. The highest BCUT2D eigenvalue weighted by molar-refractivity contribution is 5.76. The number of fused-ring (bicyclic) bond motifs is 1. The molecular weight excluding hydrogens is 140 g/mol. The van der Waals surface area contributed by atoms with Crippen LogP contribution in [0.15, 0.2) is 12.3 Å². The van der Waals surface area contributed by atoms with Crippen LogP contribution in [0.2, 0.25) is 0 Å². The topological polar surface area (TPSA) is 54.5 Å². The standard InChI is InChI=1S/C7H8N4/c1-2-6-5-3-4-8-10-7(5)11-9-6/h3-4H,2H2,1H3,(H,9,10,11). The van der Waals surface area contributed by atoms with E-state index in [-0.39, 0.29) is 0 Å². The summed E-state index contributed by atoms with van der Waals surface area (Å²) in [7, 11) is 0. The first-order valence-corrected chi connectivity index (χ1v) is 3.56. The van der Waals surface area contributed by atoms with E-state index in [1.807, 2.05) is 6.07 Å². The summed E-state index contributed by atoms with van der Waals surface area (Å²) in [6.07, 6.45) is 2.60. The molecule has 2 rings (SSSR count). The molecule has 4 heteroatoms. The SMILES string of the molecule is CCc1n[nH]c2nnccc12. The van der Waals surface area contributed by atoms with Crippen LogP contribution in [0.5, 0.6) is 0 Å². The van der Waals surface area contributed by atoms with E-state index >= 15 is 0 Å². The van der Waals surface area contributed by atoms with Crippen LogP contribution in [0.25, 0.3) is 11.0 Å². The minimum atomic E-state index is 0.768. The van der Waals surface area contributed by atoms with E-state index < -0.39 is 0 Å². The van der Waals surface area contributed by atoms with Crippen LogP contribution in [0, 0.1) is 0 Å². The Kier molecular flexibility index (Phi) is 1.31. The third kappa shape index (κ3) is 0.869. The van der Waals surface area contributed by atoms with Crippen molar-refractivity contribution in [3.05, 3.63) is 18.0 Å². The lowest BCUT2D eigenvalue weighted by Gasteiger charge is -1.86.